The number of fused-ring (bicyclic) bond motifs is 1. The second kappa shape index (κ2) is 2.44. The normalized spacial score (nSPS) is 20.2. The van der Waals surface area contributed by atoms with Crippen LogP contribution in [0.3, 0.4) is 0 Å². The lowest BCUT2D eigenvalue weighted by Crippen LogP contribution is -2.26. The topological polar surface area (TPSA) is 74.0 Å². The third-order valence-electron chi connectivity index (χ3n) is 1.79. The highest BCUT2D eigenvalue weighted by atomic mass is 16.4. The number of aliphatic carboxylic acids is 1. The Hall–Kier alpha value is -1.65. The van der Waals surface area contributed by atoms with Crippen molar-refractivity contribution in [1.29, 1.82) is 0 Å². The summed E-state index contributed by atoms with van der Waals surface area (Å²) in [6.07, 6.45) is 2.40. The maximum Gasteiger partial charge on any atom is 0.357 e. The molecule has 0 aliphatic carbocycles. The van der Waals surface area contributed by atoms with Gasteiger partial charge in [0.15, 0.2) is 5.71 Å². The zero-order valence-electron chi connectivity index (χ0n) is 6.24. The first kappa shape index (κ1) is 7.02. The van der Waals surface area contributed by atoms with Gasteiger partial charge in [-0.15, -0.1) is 5.10 Å². The lowest BCUT2D eigenvalue weighted by Gasteiger charge is -2.10. The fourth-order valence-corrected chi connectivity index (χ4v) is 1.21. The van der Waals surface area contributed by atoms with Crippen molar-refractivity contribution in [2.75, 3.05) is 6.54 Å². The molecule has 0 radical (unpaired) electrons. The van der Waals surface area contributed by atoms with Gasteiger partial charge in [-0.2, -0.15) is 5.10 Å². The molecular formula is C7H7N3O2. The Morgan fingerprint density at radius 1 is 1.58 bits per heavy atom. The molecule has 12 heavy (non-hydrogen) atoms. The van der Waals surface area contributed by atoms with Crippen LogP contribution >= 0.6 is 0 Å². The van der Waals surface area contributed by atoms with Gasteiger partial charge in [0, 0.05) is 24.7 Å². The average Bonchev–Trinajstić information content (AvgIpc) is 2.47. The van der Waals surface area contributed by atoms with Crippen LogP contribution in [0.25, 0.3) is 0 Å². The maximum atomic E-state index is 10.6. The van der Waals surface area contributed by atoms with Crippen molar-refractivity contribution in [2.45, 2.75) is 6.42 Å². The van der Waals surface area contributed by atoms with Crippen molar-refractivity contribution in [3.05, 3.63) is 11.8 Å². The van der Waals surface area contributed by atoms with Crippen LogP contribution in [-0.4, -0.2) is 29.0 Å². The summed E-state index contributed by atoms with van der Waals surface area (Å²) < 4.78 is 0. The molecule has 0 spiro atoms. The molecule has 2 rings (SSSR count). The first-order chi connectivity index (χ1) is 5.79. The molecule has 0 bridgehead atoms. The van der Waals surface area contributed by atoms with E-state index in [-0.39, 0.29) is 5.71 Å². The molecule has 5 heteroatoms. The molecule has 0 aromatic heterocycles. The third kappa shape index (κ3) is 0.903. The van der Waals surface area contributed by atoms with Crippen molar-refractivity contribution in [3.63, 3.8) is 0 Å². The van der Waals surface area contributed by atoms with E-state index in [9.17, 15) is 4.79 Å². The number of rotatable bonds is 1. The minimum atomic E-state index is -1.02. The highest BCUT2D eigenvalue weighted by Gasteiger charge is 2.26. The lowest BCUT2D eigenvalue weighted by molar-refractivity contribution is -0.129. The van der Waals surface area contributed by atoms with Crippen molar-refractivity contribution in [2.24, 2.45) is 10.2 Å². The molecule has 0 fully saturated rings. The Bertz CT molecular complexity index is 328. The summed E-state index contributed by atoms with van der Waals surface area (Å²) in [5.41, 5.74) is 1.43. The summed E-state index contributed by atoms with van der Waals surface area (Å²) in [6, 6.07) is 0. The van der Waals surface area contributed by atoms with E-state index in [0.29, 0.717) is 5.57 Å². The quantitative estimate of drug-likeness (QED) is 0.563. The van der Waals surface area contributed by atoms with Gasteiger partial charge in [-0.25, -0.2) is 4.79 Å². The van der Waals surface area contributed by atoms with Crippen molar-refractivity contribution in [3.8, 4) is 0 Å². The second-order valence-corrected chi connectivity index (χ2v) is 2.56. The van der Waals surface area contributed by atoms with Gasteiger partial charge in [0.25, 0.3) is 0 Å². The number of carboxylic acids is 1. The minimum absolute atomic E-state index is 0.0391. The predicted octanol–water partition coefficient (Wildman–Crippen LogP) is -0.241. The van der Waals surface area contributed by atoms with Gasteiger partial charge in [-0.1, -0.05) is 0 Å². The van der Waals surface area contributed by atoms with Crippen LogP contribution in [0, 0.1) is 0 Å². The maximum absolute atomic E-state index is 10.6. The van der Waals surface area contributed by atoms with Crippen LogP contribution in [0.15, 0.2) is 22.0 Å². The number of carbonyl (C=O) groups is 1. The number of hydrogen-bond donors (Lipinski definition) is 2. The zero-order chi connectivity index (χ0) is 8.55. The Morgan fingerprint density at radius 2 is 2.42 bits per heavy atom. The Labute approximate surface area is 68.5 Å². The van der Waals surface area contributed by atoms with Crippen LogP contribution in [0.4, 0.5) is 0 Å². The largest absolute Gasteiger partial charge is 0.476 e. The average molecular weight is 165 g/mol. The smallest absolute Gasteiger partial charge is 0.357 e. The lowest BCUT2D eigenvalue weighted by atomic mass is 10.0. The molecule has 0 saturated heterocycles. The fourth-order valence-electron chi connectivity index (χ4n) is 1.21. The summed E-state index contributed by atoms with van der Waals surface area (Å²) in [5, 5.41) is 19.0. The van der Waals surface area contributed by atoms with Gasteiger partial charge in [-0.05, 0) is 0 Å². The van der Waals surface area contributed by atoms with Gasteiger partial charge < -0.3 is 10.4 Å². The molecule has 2 aliphatic heterocycles. The van der Waals surface area contributed by atoms with E-state index in [1.807, 2.05) is 0 Å². The predicted molar refractivity (Wildman–Crippen MR) is 43.2 cm³/mol. The van der Waals surface area contributed by atoms with Crippen LogP contribution in [0.5, 0.6) is 0 Å². The number of nitrogens with one attached hydrogen (secondary N) is 1. The zero-order valence-corrected chi connectivity index (χ0v) is 6.24. The van der Waals surface area contributed by atoms with Gasteiger partial charge >= 0.3 is 5.97 Å². The fraction of sp³-hybridized carbons (Fsp3) is 0.286. The molecular weight excluding hydrogens is 158 g/mol. The van der Waals surface area contributed by atoms with Crippen LogP contribution < -0.4 is 5.32 Å². The molecule has 0 amide bonds. The SMILES string of the molecule is O=C(O)C1=NN=C2CCNC=C21. The van der Waals surface area contributed by atoms with E-state index in [1.54, 1.807) is 6.20 Å². The first-order valence-corrected chi connectivity index (χ1v) is 3.61. The van der Waals surface area contributed by atoms with E-state index in [4.69, 9.17) is 5.11 Å². The molecule has 0 aromatic carbocycles. The minimum Gasteiger partial charge on any atom is -0.476 e. The molecule has 2 heterocycles. The van der Waals surface area contributed by atoms with Crippen molar-refractivity contribution >= 4 is 17.4 Å². The highest BCUT2D eigenvalue weighted by Crippen LogP contribution is 2.15. The van der Waals surface area contributed by atoms with Crippen LogP contribution in [0.1, 0.15) is 6.42 Å². The molecule has 0 atom stereocenters. The number of nitrogens with zero attached hydrogens (tertiary/aromatic N) is 2. The summed E-state index contributed by atoms with van der Waals surface area (Å²) in [4.78, 5) is 10.6. The third-order valence-corrected chi connectivity index (χ3v) is 1.79. The van der Waals surface area contributed by atoms with Crippen LogP contribution in [0.2, 0.25) is 0 Å². The van der Waals surface area contributed by atoms with Gasteiger partial charge in [-0.3, -0.25) is 0 Å². The molecule has 0 saturated carbocycles. The molecule has 2 aliphatic rings. The van der Waals surface area contributed by atoms with Crippen molar-refractivity contribution < 1.29 is 9.90 Å². The van der Waals surface area contributed by atoms with Crippen molar-refractivity contribution in [1.82, 2.24) is 5.32 Å². The van der Waals surface area contributed by atoms with Gasteiger partial charge in [0.05, 0.1) is 5.71 Å². The molecule has 2 N–H and O–H groups in total. The summed E-state index contributed by atoms with van der Waals surface area (Å²) in [7, 11) is 0. The Balaban J connectivity index is 2.35. The van der Waals surface area contributed by atoms with E-state index in [2.05, 4.69) is 15.5 Å². The Morgan fingerprint density at radius 3 is 3.17 bits per heavy atom. The summed E-state index contributed by atoms with van der Waals surface area (Å²) in [6.45, 7) is 0.796. The van der Waals surface area contributed by atoms with Gasteiger partial charge in [0.1, 0.15) is 0 Å². The van der Waals surface area contributed by atoms with Crippen LogP contribution in [-0.2, 0) is 4.79 Å². The monoisotopic (exact) mass is 165 g/mol. The van der Waals surface area contributed by atoms with E-state index in [1.165, 1.54) is 0 Å². The molecule has 0 aromatic rings. The Kier molecular flexibility index (Phi) is 1.43. The summed E-state index contributed by atoms with van der Waals surface area (Å²) >= 11 is 0. The second-order valence-electron chi connectivity index (χ2n) is 2.56. The first-order valence-electron chi connectivity index (χ1n) is 3.61. The van der Waals surface area contributed by atoms with E-state index >= 15 is 0 Å². The van der Waals surface area contributed by atoms with E-state index in [0.717, 1.165) is 18.7 Å². The van der Waals surface area contributed by atoms with Gasteiger partial charge in [0.2, 0.25) is 0 Å². The summed E-state index contributed by atoms with van der Waals surface area (Å²) in [5.74, 6) is -1.02. The molecule has 5 nitrogen and oxygen atoms in total. The molecule has 62 valence electrons. The number of carboxylic acid groups (broad SMARTS) is 1. The standard InChI is InChI=1S/C7H7N3O2/c11-7(12)6-4-3-8-2-1-5(4)9-10-6/h3,8H,1-2H2,(H,11,12). The number of hydrogen-bond acceptors (Lipinski definition) is 4. The van der Waals surface area contributed by atoms with E-state index < -0.39 is 5.97 Å². The highest BCUT2D eigenvalue weighted by molar-refractivity contribution is 6.51. The molecule has 0 unspecified atom stereocenters.